The number of ether oxygens (including phenoxy) is 1. The molecule has 0 saturated carbocycles. The fourth-order valence-corrected chi connectivity index (χ4v) is 5.66. The third kappa shape index (κ3) is 5.72. The number of methoxy groups -OCH3 is 1. The van der Waals surface area contributed by atoms with E-state index in [0.717, 1.165) is 48.4 Å². The average Bonchev–Trinajstić information content (AvgIpc) is 2.92. The topological polar surface area (TPSA) is 53.0 Å². The van der Waals surface area contributed by atoms with E-state index < -0.39 is 0 Å². The van der Waals surface area contributed by atoms with Crippen LogP contribution in [0.1, 0.15) is 41.0 Å². The Bertz CT molecular complexity index is 1250. The first-order valence-electron chi connectivity index (χ1n) is 13.1. The fourth-order valence-electron chi connectivity index (χ4n) is 5.66. The third-order valence-corrected chi connectivity index (χ3v) is 7.66. The van der Waals surface area contributed by atoms with Crippen molar-refractivity contribution in [2.45, 2.75) is 37.3 Å². The highest BCUT2D eigenvalue weighted by atomic mass is 16.5. The van der Waals surface area contributed by atoms with E-state index in [-0.39, 0.29) is 30.5 Å². The van der Waals surface area contributed by atoms with E-state index in [1.807, 2.05) is 59.5 Å². The van der Waals surface area contributed by atoms with Crippen molar-refractivity contribution >= 4 is 5.91 Å². The molecule has 0 aromatic heterocycles. The molecule has 0 aliphatic carbocycles. The molecule has 1 N–H and O–H groups in total. The molecule has 1 amide bonds. The Morgan fingerprint density at radius 1 is 0.919 bits per heavy atom. The fraction of sp³-hybridized carbons (Fsp3) is 0.344. The van der Waals surface area contributed by atoms with Crippen molar-refractivity contribution in [2.75, 3.05) is 33.4 Å². The molecule has 2 aliphatic heterocycles. The monoisotopic (exact) mass is 494 g/mol. The van der Waals surface area contributed by atoms with Gasteiger partial charge in [-0.1, -0.05) is 54.3 Å². The number of aliphatic hydroxyl groups is 1. The first kappa shape index (κ1) is 25.1. The van der Waals surface area contributed by atoms with Gasteiger partial charge in [-0.25, -0.2) is 0 Å². The van der Waals surface area contributed by atoms with Gasteiger partial charge < -0.3 is 14.7 Å². The minimum Gasteiger partial charge on any atom is -0.497 e. The Hall–Kier alpha value is -3.59. The summed E-state index contributed by atoms with van der Waals surface area (Å²) in [6.45, 7) is 2.59. The number of benzene rings is 3. The molecule has 0 spiro atoms. The lowest BCUT2D eigenvalue weighted by Crippen LogP contribution is -2.68. The Morgan fingerprint density at radius 3 is 2.22 bits per heavy atom. The van der Waals surface area contributed by atoms with Gasteiger partial charge in [0.1, 0.15) is 5.75 Å². The molecule has 0 radical (unpaired) electrons. The maximum atomic E-state index is 13.2. The molecule has 5 rings (SSSR count). The van der Waals surface area contributed by atoms with E-state index in [1.54, 1.807) is 7.11 Å². The Kier molecular flexibility index (Phi) is 7.89. The zero-order valence-electron chi connectivity index (χ0n) is 21.3. The Balaban J connectivity index is 1.30. The minimum atomic E-state index is 0.0883. The summed E-state index contributed by atoms with van der Waals surface area (Å²) in [5.74, 6) is 7.65. The number of amides is 1. The van der Waals surface area contributed by atoms with E-state index in [4.69, 9.17) is 4.74 Å². The normalized spacial score (nSPS) is 21.5. The van der Waals surface area contributed by atoms with Crippen LogP contribution in [0, 0.1) is 11.8 Å². The van der Waals surface area contributed by atoms with E-state index in [1.165, 1.54) is 5.56 Å². The SMILES string of the molecule is COc1ccc(C#Cc2ccc([C@H]3[C@H]4CN(C(=O)Cc5ccccc5)CCCCN4[C@H]3CO)cc2)cc1. The van der Waals surface area contributed by atoms with E-state index >= 15 is 0 Å². The number of aliphatic hydroxyl groups excluding tert-OH is 1. The summed E-state index contributed by atoms with van der Waals surface area (Å²) >= 11 is 0. The van der Waals surface area contributed by atoms with Crippen molar-refractivity contribution in [1.82, 2.24) is 9.80 Å². The molecular formula is C32H34N2O3. The van der Waals surface area contributed by atoms with Crippen LogP contribution in [0.25, 0.3) is 0 Å². The predicted molar refractivity (Wildman–Crippen MR) is 145 cm³/mol. The summed E-state index contributed by atoms with van der Waals surface area (Å²) in [7, 11) is 1.65. The first-order valence-corrected chi connectivity index (χ1v) is 13.1. The second-order valence-corrected chi connectivity index (χ2v) is 9.89. The van der Waals surface area contributed by atoms with Gasteiger partial charge in [0.15, 0.2) is 0 Å². The number of hydrogen-bond donors (Lipinski definition) is 1. The smallest absolute Gasteiger partial charge is 0.227 e. The lowest BCUT2D eigenvalue weighted by Gasteiger charge is -2.57. The van der Waals surface area contributed by atoms with Crippen LogP contribution in [0.15, 0.2) is 78.9 Å². The number of rotatable bonds is 5. The van der Waals surface area contributed by atoms with Crippen molar-refractivity contribution in [1.29, 1.82) is 0 Å². The van der Waals surface area contributed by atoms with Crippen LogP contribution in [-0.4, -0.2) is 66.2 Å². The molecule has 5 nitrogen and oxygen atoms in total. The minimum absolute atomic E-state index is 0.0883. The molecule has 2 saturated heterocycles. The largest absolute Gasteiger partial charge is 0.497 e. The third-order valence-electron chi connectivity index (χ3n) is 7.66. The molecule has 3 aromatic carbocycles. The molecule has 2 aliphatic rings. The number of carbonyl (C=O) groups is 1. The van der Waals surface area contributed by atoms with Crippen LogP contribution in [-0.2, 0) is 11.2 Å². The van der Waals surface area contributed by atoms with Crippen LogP contribution in [0.2, 0.25) is 0 Å². The molecule has 190 valence electrons. The molecule has 2 fully saturated rings. The lowest BCUT2D eigenvalue weighted by molar-refractivity contribution is -0.135. The van der Waals surface area contributed by atoms with Gasteiger partial charge in [0.2, 0.25) is 5.91 Å². The van der Waals surface area contributed by atoms with Gasteiger partial charge in [-0.3, -0.25) is 9.69 Å². The van der Waals surface area contributed by atoms with Gasteiger partial charge >= 0.3 is 0 Å². The van der Waals surface area contributed by atoms with Crippen molar-refractivity contribution in [2.24, 2.45) is 0 Å². The van der Waals surface area contributed by atoms with E-state index in [9.17, 15) is 9.90 Å². The number of nitrogens with zero attached hydrogens (tertiary/aromatic N) is 2. The van der Waals surface area contributed by atoms with Crippen LogP contribution >= 0.6 is 0 Å². The summed E-state index contributed by atoms with van der Waals surface area (Å²) in [5, 5.41) is 10.2. The standard InChI is InChI=1S/C32H34N2O3/c1-37-28-17-13-25(14-18-28)10-9-24-11-15-27(16-12-24)32-29-22-33(19-5-6-20-34(29)30(32)23-35)31(36)21-26-7-3-2-4-8-26/h2-4,7-8,11-18,29-30,32,35H,5-6,19-23H2,1H3/t29-,30+,32+/m1/s1. The molecule has 3 atom stereocenters. The second kappa shape index (κ2) is 11.6. The summed E-state index contributed by atoms with van der Waals surface area (Å²) < 4.78 is 5.21. The molecule has 5 heteroatoms. The predicted octanol–water partition coefficient (Wildman–Crippen LogP) is 4.09. The molecule has 37 heavy (non-hydrogen) atoms. The first-order chi connectivity index (χ1) is 18.2. The summed E-state index contributed by atoms with van der Waals surface area (Å²) in [4.78, 5) is 17.7. The van der Waals surface area contributed by atoms with Gasteiger partial charge in [0, 0.05) is 42.2 Å². The molecule has 2 heterocycles. The highest BCUT2D eigenvalue weighted by Gasteiger charge is 2.49. The van der Waals surface area contributed by atoms with Crippen molar-refractivity contribution in [3.8, 4) is 17.6 Å². The maximum absolute atomic E-state index is 13.2. The van der Waals surface area contributed by atoms with Gasteiger partial charge in [0.25, 0.3) is 0 Å². The lowest BCUT2D eigenvalue weighted by atomic mass is 9.74. The van der Waals surface area contributed by atoms with Crippen molar-refractivity contribution in [3.63, 3.8) is 0 Å². The molecular weight excluding hydrogens is 460 g/mol. The van der Waals surface area contributed by atoms with Crippen LogP contribution in [0.5, 0.6) is 5.75 Å². The van der Waals surface area contributed by atoms with Gasteiger partial charge in [0.05, 0.1) is 20.1 Å². The summed E-state index contributed by atoms with van der Waals surface area (Å²) in [6.07, 6.45) is 2.46. The zero-order chi connectivity index (χ0) is 25.6. The summed E-state index contributed by atoms with van der Waals surface area (Å²) in [6, 6.07) is 26.4. The molecule has 0 bridgehead atoms. The number of carbonyl (C=O) groups excluding carboxylic acids is 1. The Labute approximate surface area is 219 Å². The zero-order valence-corrected chi connectivity index (χ0v) is 21.3. The van der Waals surface area contributed by atoms with Gasteiger partial charge in [-0.15, -0.1) is 0 Å². The van der Waals surface area contributed by atoms with E-state index in [0.29, 0.717) is 13.0 Å². The van der Waals surface area contributed by atoms with Crippen molar-refractivity contribution in [3.05, 3.63) is 101 Å². The second-order valence-electron chi connectivity index (χ2n) is 9.89. The number of fused-ring (bicyclic) bond motifs is 1. The van der Waals surface area contributed by atoms with Gasteiger partial charge in [-0.05, 0) is 66.9 Å². The van der Waals surface area contributed by atoms with Crippen molar-refractivity contribution < 1.29 is 14.6 Å². The van der Waals surface area contributed by atoms with Gasteiger partial charge in [-0.2, -0.15) is 0 Å². The van der Waals surface area contributed by atoms with Crippen LogP contribution in [0.3, 0.4) is 0 Å². The van der Waals surface area contributed by atoms with E-state index in [2.05, 4.69) is 41.0 Å². The number of hydrogen-bond acceptors (Lipinski definition) is 4. The van der Waals surface area contributed by atoms with Crippen LogP contribution < -0.4 is 4.74 Å². The highest BCUT2D eigenvalue weighted by Crippen LogP contribution is 2.42. The maximum Gasteiger partial charge on any atom is 0.227 e. The highest BCUT2D eigenvalue weighted by molar-refractivity contribution is 5.78. The summed E-state index contributed by atoms with van der Waals surface area (Å²) in [5.41, 5.74) is 4.14. The Morgan fingerprint density at radius 2 is 1.57 bits per heavy atom. The average molecular weight is 495 g/mol. The quantitative estimate of drug-likeness (QED) is 0.543. The van der Waals surface area contributed by atoms with Crippen LogP contribution in [0.4, 0.5) is 0 Å². The molecule has 0 unspecified atom stereocenters. The molecule has 3 aromatic rings.